The smallest absolute Gasteiger partial charge is 0.336 e. The number of nitrogens with zero attached hydrogens (tertiary/aromatic N) is 1. The van der Waals surface area contributed by atoms with Crippen LogP contribution in [-0.2, 0) is 6.42 Å². The van der Waals surface area contributed by atoms with Crippen LogP contribution in [0.25, 0.3) is 44.8 Å². The number of rotatable bonds is 7. The van der Waals surface area contributed by atoms with E-state index in [2.05, 4.69) is 31.2 Å². The predicted octanol–water partition coefficient (Wildman–Crippen LogP) is 7.87. The molecule has 0 bridgehead atoms. The fraction of sp³-hybridized carbons (Fsp3) is 0.133. The molecule has 0 amide bonds. The zero-order valence-electron chi connectivity index (χ0n) is 19.0. The second-order valence-corrected chi connectivity index (χ2v) is 8.42. The maximum atomic E-state index is 12.1. The highest BCUT2D eigenvalue weighted by molar-refractivity contribution is 6.04. The zero-order valence-corrected chi connectivity index (χ0v) is 19.0. The minimum atomic E-state index is -0.992. The fourth-order valence-corrected chi connectivity index (χ4v) is 4.19. The van der Waals surface area contributed by atoms with Crippen molar-refractivity contribution in [3.05, 3.63) is 102 Å². The van der Waals surface area contributed by atoms with Crippen LogP contribution >= 0.6 is 0 Å². The molecule has 0 fully saturated rings. The summed E-state index contributed by atoms with van der Waals surface area (Å²) in [5.74, 6) is 0.283. The molecule has 0 spiro atoms. The number of carboxylic acids is 1. The maximum absolute atomic E-state index is 12.1. The van der Waals surface area contributed by atoms with E-state index < -0.39 is 5.97 Å². The number of hydrogen-bond acceptors (Lipinski definition) is 3. The number of benzene rings is 3. The average molecular weight is 448 g/mol. The minimum Gasteiger partial charge on any atom is -0.478 e. The molecule has 0 aliphatic carbocycles. The molecular formula is C30H25NO3. The number of furan rings is 1. The summed E-state index contributed by atoms with van der Waals surface area (Å²) in [6.07, 6.45) is 3.43. The lowest BCUT2D eigenvalue weighted by Crippen LogP contribution is -2.00. The summed E-state index contributed by atoms with van der Waals surface area (Å²) in [6, 6.07) is 29.4. The van der Waals surface area contributed by atoms with Crippen LogP contribution in [0.5, 0.6) is 0 Å². The Hall–Kier alpha value is -4.18. The molecule has 0 unspecified atom stereocenters. The van der Waals surface area contributed by atoms with Crippen LogP contribution in [0.15, 0.2) is 95.4 Å². The molecule has 2 heterocycles. The third kappa shape index (κ3) is 4.35. The molecule has 0 saturated carbocycles. The second kappa shape index (κ2) is 9.36. The Bertz CT molecular complexity index is 1450. The maximum Gasteiger partial charge on any atom is 0.336 e. The van der Waals surface area contributed by atoms with Gasteiger partial charge in [0.1, 0.15) is 11.5 Å². The number of unbranched alkanes of at least 4 members (excludes halogenated alkanes) is 1. The van der Waals surface area contributed by atoms with Crippen LogP contribution in [0, 0.1) is 0 Å². The van der Waals surface area contributed by atoms with Crippen molar-refractivity contribution >= 4 is 16.9 Å². The van der Waals surface area contributed by atoms with E-state index in [1.807, 2.05) is 60.7 Å². The summed E-state index contributed by atoms with van der Waals surface area (Å²) < 4.78 is 6.10. The van der Waals surface area contributed by atoms with Gasteiger partial charge in [-0.05, 0) is 59.9 Å². The highest BCUT2D eigenvalue weighted by Gasteiger charge is 2.16. The van der Waals surface area contributed by atoms with Gasteiger partial charge in [-0.1, -0.05) is 74.0 Å². The Morgan fingerprint density at radius 3 is 2.29 bits per heavy atom. The molecule has 5 rings (SSSR count). The van der Waals surface area contributed by atoms with Gasteiger partial charge < -0.3 is 9.52 Å². The summed E-state index contributed by atoms with van der Waals surface area (Å²) >= 11 is 0. The Morgan fingerprint density at radius 1 is 0.824 bits per heavy atom. The summed E-state index contributed by atoms with van der Waals surface area (Å²) in [5, 5.41) is 10.5. The topological polar surface area (TPSA) is 63.3 Å². The molecule has 0 aliphatic heterocycles. The average Bonchev–Trinajstić information content (AvgIpc) is 3.37. The van der Waals surface area contributed by atoms with Gasteiger partial charge in [0.25, 0.3) is 0 Å². The van der Waals surface area contributed by atoms with Gasteiger partial charge in [-0.25, -0.2) is 9.78 Å². The third-order valence-electron chi connectivity index (χ3n) is 6.06. The minimum absolute atomic E-state index is 0.205. The predicted molar refractivity (Wildman–Crippen MR) is 136 cm³/mol. The fourth-order valence-electron chi connectivity index (χ4n) is 4.19. The molecule has 0 atom stereocenters. The van der Waals surface area contributed by atoms with Crippen LogP contribution in [0.1, 0.15) is 35.7 Å². The summed E-state index contributed by atoms with van der Waals surface area (Å²) in [5.41, 5.74) is 5.61. The van der Waals surface area contributed by atoms with Crippen molar-refractivity contribution in [2.75, 3.05) is 0 Å². The molecule has 0 radical (unpaired) electrons. The lowest BCUT2D eigenvalue weighted by atomic mass is 10.00. The van der Waals surface area contributed by atoms with Crippen molar-refractivity contribution in [2.45, 2.75) is 26.2 Å². The molecular weight excluding hydrogens is 422 g/mol. The van der Waals surface area contributed by atoms with E-state index in [1.54, 1.807) is 6.07 Å². The van der Waals surface area contributed by atoms with Crippen molar-refractivity contribution in [3.63, 3.8) is 0 Å². The van der Waals surface area contributed by atoms with Crippen LogP contribution < -0.4 is 0 Å². The Balaban J connectivity index is 1.51. The number of aryl methyl sites for hydroxylation is 1. The van der Waals surface area contributed by atoms with Crippen molar-refractivity contribution in [2.24, 2.45) is 0 Å². The van der Waals surface area contributed by atoms with Crippen LogP contribution in [0.3, 0.4) is 0 Å². The summed E-state index contributed by atoms with van der Waals surface area (Å²) in [7, 11) is 0. The molecule has 1 N–H and O–H groups in total. The van der Waals surface area contributed by atoms with Crippen LogP contribution in [0.4, 0.5) is 0 Å². The SMILES string of the molecule is CCCCc1ccc(-c2ccc(-c3cc(C(=O)O)c4cc(-c5ccccc5)ccc4n3)o2)cc1. The lowest BCUT2D eigenvalue weighted by molar-refractivity contribution is 0.0699. The first-order chi connectivity index (χ1) is 16.6. The van der Waals surface area contributed by atoms with Gasteiger partial charge in [0.05, 0.1) is 11.1 Å². The van der Waals surface area contributed by atoms with Gasteiger partial charge >= 0.3 is 5.97 Å². The van der Waals surface area contributed by atoms with Gasteiger partial charge in [-0.15, -0.1) is 0 Å². The normalized spacial score (nSPS) is 11.1. The largest absolute Gasteiger partial charge is 0.478 e. The number of aromatic carboxylic acids is 1. The van der Waals surface area contributed by atoms with Gasteiger partial charge in [0.2, 0.25) is 0 Å². The van der Waals surface area contributed by atoms with Crippen molar-refractivity contribution < 1.29 is 14.3 Å². The monoisotopic (exact) mass is 447 g/mol. The van der Waals surface area contributed by atoms with Crippen LogP contribution in [0.2, 0.25) is 0 Å². The first-order valence-electron chi connectivity index (χ1n) is 11.6. The van der Waals surface area contributed by atoms with E-state index in [0.29, 0.717) is 22.4 Å². The van der Waals surface area contributed by atoms with E-state index >= 15 is 0 Å². The molecule has 4 nitrogen and oxygen atoms in total. The van der Waals surface area contributed by atoms with Gasteiger partial charge in [-0.2, -0.15) is 0 Å². The first-order valence-corrected chi connectivity index (χ1v) is 11.6. The standard InChI is InChI=1S/C30H25NO3/c1-2-3-7-20-10-12-22(13-11-20)28-16-17-29(34-28)27-19-25(30(32)33)24-18-23(14-15-26(24)31-27)21-8-5-4-6-9-21/h4-6,8-19H,2-3,7H2,1H3,(H,32,33). The van der Waals surface area contributed by atoms with E-state index in [4.69, 9.17) is 9.40 Å². The molecule has 2 aromatic heterocycles. The first kappa shape index (κ1) is 21.7. The second-order valence-electron chi connectivity index (χ2n) is 8.42. The van der Waals surface area contributed by atoms with Gasteiger partial charge in [0, 0.05) is 10.9 Å². The highest BCUT2D eigenvalue weighted by atomic mass is 16.4. The van der Waals surface area contributed by atoms with E-state index in [1.165, 1.54) is 18.4 Å². The molecule has 34 heavy (non-hydrogen) atoms. The highest BCUT2D eigenvalue weighted by Crippen LogP contribution is 2.32. The molecule has 0 aliphatic rings. The lowest BCUT2D eigenvalue weighted by Gasteiger charge is -2.08. The van der Waals surface area contributed by atoms with Gasteiger partial charge in [0.15, 0.2) is 5.76 Å². The van der Waals surface area contributed by atoms with E-state index in [-0.39, 0.29) is 5.56 Å². The zero-order chi connectivity index (χ0) is 23.5. The van der Waals surface area contributed by atoms with Crippen LogP contribution in [-0.4, -0.2) is 16.1 Å². The van der Waals surface area contributed by atoms with Crippen molar-refractivity contribution in [3.8, 4) is 33.9 Å². The number of carboxylic acid groups (broad SMARTS) is 1. The Labute approximate surface area is 198 Å². The van der Waals surface area contributed by atoms with Crippen molar-refractivity contribution in [1.82, 2.24) is 4.98 Å². The van der Waals surface area contributed by atoms with Crippen molar-refractivity contribution in [1.29, 1.82) is 0 Å². The van der Waals surface area contributed by atoms with Gasteiger partial charge in [-0.3, -0.25) is 0 Å². The third-order valence-corrected chi connectivity index (χ3v) is 6.06. The Kier molecular flexibility index (Phi) is 5.96. The number of aromatic nitrogens is 1. The number of pyridine rings is 1. The number of carbonyl (C=O) groups is 1. The molecule has 0 saturated heterocycles. The summed E-state index contributed by atoms with van der Waals surface area (Å²) in [4.78, 5) is 16.8. The molecule has 5 aromatic rings. The Morgan fingerprint density at radius 2 is 1.56 bits per heavy atom. The number of fused-ring (bicyclic) bond motifs is 1. The summed E-state index contributed by atoms with van der Waals surface area (Å²) in [6.45, 7) is 2.19. The molecule has 4 heteroatoms. The molecule has 3 aromatic carbocycles. The van der Waals surface area contributed by atoms with E-state index in [0.717, 1.165) is 28.9 Å². The molecule has 168 valence electrons. The number of hydrogen-bond donors (Lipinski definition) is 1. The quantitative estimate of drug-likeness (QED) is 0.276. The van der Waals surface area contributed by atoms with E-state index in [9.17, 15) is 9.90 Å².